The van der Waals surface area contributed by atoms with Crippen molar-refractivity contribution >= 4 is 17.6 Å². The number of hydrogen-bond acceptors (Lipinski definition) is 3. The number of carbonyl (C=O) groups is 1. The summed E-state index contributed by atoms with van der Waals surface area (Å²) in [5.74, 6) is 0.965. The number of hydrogen-bond donors (Lipinski definition) is 3. The Kier molecular flexibility index (Phi) is 4.13. The van der Waals surface area contributed by atoms with Gasteiger partial charge in [0.15, 0.2) is 0 Å². The summed E-state index contributed by atoms with van der Waals surface area (Å²) in [5, 5.41) is 14.2. The first-order chi connectivity index (χ1) is 11.8. The van der Waals surface area contributed by atoms with Gasteiger partial charge >= 0.3 is 5.97 Å². The van der Waals surface area contributed by atoms with E-state index in [2.05, 4.69) is 5.32 Å². The van der Waals surface area contributed by atoms with Gasteiger partial charge in [-0.2, -0.15) is 0 Å². The molecule has 5 heteroatoms. The van der Waals surface area contributed by atoms with E-state index in [9.17, 15) is 9.90 Å². The Morgan fingerprint density at radius 3 is 2.64 bits per heavy atom. The number of benzene rings is 1. The summed E-state index contributed by atoms with van der Waals surface area (Å²) < 4.78 is 0. The average molecular weight is 363 g/mol. The molecule has 0 saturated heterocycles. The summed E-state index contributed by atoms with van der Waals surface area (Å²) in [7, 11) is 0. The molecule has 0 aromatic heterocycles. The number of carboxylic acid groups (broad SMARTS) is 1. The van der Waals surface area contributed by atoms with Gasteiger partial charge in [0, 0.05) is 17.6 Å². The van der Waals surface area contributed by atoms with Crippen LogP contribution in [0.25, 0.3) is 0 Å². The van der Waals surface area contributed by atoms with Crippen LogP contribution in [-0.4, -0.2) is 23.7 Å². The van der Waals surface area contributed by atoms with Crippen LogP contribution in [0.1, 0.15) is 44.6 Å². The SMILES string of the molecule is CC(N)(CNC1C2CC3CC1CC(C(=O)O)(C3)C2)c1cccc(Cl)c1. The molecule has 25 heavy (non-hydrogen) atoms. The summed E-state index contributed by atoms with van der Waals surface area (Å²) in [4.78, 5) is 11.8. The summed E-state index contributed by atoms with van der Waals surface area (Å²) >= 11 is 6.11. The lowest BCUT2D eigenvalue weighted by Gasteiger charge is -2.58. The van der Waals surface area contributed by atoms with Crippen molar-refractivity contribution in [3.63, 3.8) is 0 Å². The zero-order valence-corrected chi connectivity index (χ0v) is 15.4. The predicted molar refractivity (Wildman–Crippen MR) is 98.4 cm³/mol. The molecule has 4 N–H and O–H groups in total. The standard InChI is InChI=1S/C20H27ClN2O2/c1-19(22,15-3-2-4-16(21)7-15)11-23-17-13-5-12-6-14(17)10-20(8-12,9-13)18(24)25/h2-4,7,12-14,17,23H,5-6,8-11,22H2,1H3,(H,24,25). The first-order valence-electron chi connectivity index (χ1n) is 9.31. The molecule has 0 spiro atoms. The lowest BCUT2D eigenvalue weighted by atomic mass is 9.48. The van der Waals surface area contributed by atoms with E-state index >= 15 is 0 Å². The maximum atomic E-state index is 11.8. The van der Waals surface area contributed by atoms with Crippen molar-refractivity contribution in [2.45, 2.75) is 50.6 Å². The quantitative estimate of drug-likeness (QED) is 0.750. The molecule has 0 heterocycles. The maximum absolute atomic E-state index is 11.8. The van der Waals surface area contributed by atoms with Crippen molar-refractivity contribution in [3.8, 4) is 0 Å². The van der Waals surface area contributed by atoms with Gasteiger partial charge < -0.3 is 16.2 Å². The molecule has 4 fully saturated rings. The van der Waals surface area contributed by atoms with Crippen LogP contribution in [0.2, 0.25) is 5.02 Å². The van der Waals surface area contributed by atoms with Gasteiger partial charge in [0.2, 0.25) is 0 Å². The molecule has 3 unspecified atom stereocenters. The van der Waals surface area contributed by atoms with Crippen LogP contribution in [-0.2, 0) is 10.3 Å². The van der Waals surface area contributed by atoms with E-state index in [1.165, 1.54) is 12.8 Å². The first-order valence-corrected chi connectivity index (χ1v) is 9.69. The molecule has 0 radical (unpaired) electrons. The maximum Gasteiger partial charge on any atom is 0.309 e. The summed E-state index contributed by atoms with van der Waals surface area (Å²) in [6.07, 6.45) is 4.87. The van der Waals surface area contributed by atoms with Crippen molar-refractivity contribution in [1.82, 2.24) is 5.32 Å². The summed E-state index contributed by atoms with van der Waals surface area (Å²) in [6.45, 7) is 2.70. The molecular formula is C20H27ClN2O2. The van der Waals surface area contributed by atoms with Gasteiger partial charge in [-0.3, -0.25) is 4.79 Å². The Balaban J connectivity index is 1.47. The lowest BCUT2D eigenvalue weighted by Crippen LogP contribution is -2.61. The summed E-state index contributed by atoms with van der Waals surface area (Å²) in [5.41, 5.74) is 6.65. The molecule has 4 bridgehead atoms. The lowest BCUT2D eigenvalue weighted by molar-refractivity contribution is -0.167. The molecule has 0 amide bonds. The summed E-state index contributed by atoms with van der Waals surface area (Å²) in [6, 6.07) is 8.13. The van der Waals surface area contributed by atoms with Crippen LogP contribution in [0.3, 0.4) is 0 Å². The van der Waals surface area contributed by atoms with Crippen molar-refractivity contribution < 1.29 is 9.90 Å². The first kappa shape index (κ1) is 17.3. The Bertz CT molecular complexity index is 674. The van der Waals surface area contributed by atoms with Gasteiger partial charge in [0.25, 0.3) is 0 Å². The van der Waals surface area contributed by atoms with Crippen LogP contribution >= 0.6 is 11.6 Å². The van der Waals surface area contributed by atoms with Crippen molar-refractivity contribution in [3.05, 3.63) is 34.9 Å². The van der Waals surface area contributed by atoms with E-state index in [0.29, 0.717) is 35.4 Å². The number of rotatable bonds is 5. The fourth-order valence-electron chi connectivity index (χ4n) is 5.90. The van der Waals surface area contributed by atoms with Crippen LogP contribution in [0.15, 0.2) is 24.3 Å². The highest BCUT2D eigenvalue weighted by Gasteiger charge is 2.58. The molecule has 0 aliphatic heterocycles. The molecule has 4 nitrogen and oxygen atoms in total. The Labute approximate surface area is 154 Å². The van der Waals surface area contributed by atoms with Crippen LogP contribution in [0, 0.1) is 23.2 Å². The number of nitrogens with two attached hydrogens (primary N) is 1. The molecule has 4 saturated carbocycles. The molecular weight excluding hydrogens is 336 g/mol. The van der Waals surface area contributed by atoms with Crippen molar-refractivity contribution in [1.29, 1.82) is 0 Å². The normalized spacial score (nSPS) is 38.5. The van der Waals surface area contributed by atoms with E-state index in [1.54, 1.807) is 0 Å². The van der Waals surface area contributed by atoms with E-state index < -0.39 is 16.9 Å². The minimum atomic E-state index is -0.576. The minimum Gasteiger partial charge on any atom is -0.481 e. The Morgan fingerprint density at radius 1 is 1.36 bits per heavy atom. The van der Waals surface area contributed by atoms with Crippen molar-refractivity contribution in [2.75, 3.05) is 6.54 Å². The molecule has 1 aromatic rings. The number of aliphatic carboxylic acids is 1. The molecule has 1 aromatic carbocycles. The Hall–Kier alpha value is -1.10. The average Bonchev–Trinajstić information content (AvgIpc) is 2.53. The second kappa shape index (κ2) is 5.97. The smallest absolute Gasteiger partial charge is 0.309 e. The monoisotopic (exact) mass is 362 g/mol. The third kappa shape index (κ3) is 2.98. The van der Waals surface area contributed by atoms with E-state index in [1.807, 2.05) is 31.2 Å². The highest BCUT2D eigenvalue weighted by atomic mass is 35.5. The zero-order valence-electron chi connectivity index (χ0n) is 14.7. The topological polar surface area (TPSA) is 75.3 Å². The van der Waals surface area contributed by atoms with E-state index in [4.69, 9.17) is 17.3 Å². The van der Waals surface area contributed by atoms with Gasteiger partial charge in [0.05, 0.1) is 11.0 Å². The number of nitrogens with one attached hydrogen (secondary N) is 1. The van der Waals surface area contributed by atoms with Gasteiger partial charge in [-0.1, -0.05) is 23.7 Å². The molecule has 4 aliphatic rings. The number of halogens is 1. The van der Waals surface area contributed by atoms with Gasteiger partial charge in [0.1, 0.15) is 0 Å². The van der Waals surface area contributed by atoms with Gasteiger partial charge in [-0.25, -0.2) is 0 Å². The molecule has 3 atom stereocenters. The second-order valence-electron chi connectivity index (χ2n) is 8.89. The van der Waals surface area contributed by atoms with Crippen molar-refractivity contribution in [2.24, 2.45) is 28.9 Å². The third-order valence-electron chi connectivity index (χ3n) is 6.92. The van der Waals surface area contributed by atoms with Gasteiger partial charge in [-0.15, -0.1) is 0 Å². The second-order valence-corrected chi connectivity index (χ2v) is 9.33. The zero-order chi connectivity index (χ0) is 17.8. The van der Waals surface area contributed by atoms with Gasteiger partial charge in [-0.05, 0) is 74.5 Å². The fraction of sp³-hybridized carbons (Fsp3) is 0.650. The minimum absolute atomic E-state index is 0.395. The largest absolute Gasteiger partial charge is 0.481 e. The highest BCUT2D eigenvalue weighted by molar-refractivity contribution is 6.30. The highest BCUT2D eigenvalue weighted by Crippen LogP contribution is 2.60. The fourth-order valence-corrected chi connectivity index (χ4v) is 6.09. The molecule has 5 rings (SSSR count). The van der Waals surface area contributed by atoms with Crippen LogP contribution in [0.4, 0.5) is 0 Å². The third-order valence-corrected chi connectivity index (χ3v) is 7.15. The molecule has 4 aliphatic carbocycles. The van der Waals surface area contributed by atoms with E-state index in [-0.39, 0.29) is 0 Å². The van der Waals surface area contributed by atoms with E-state index in [0.717, 1.165) is 24.8 Å². The van der Waals surface area contributed by atoms with Crippen LogP contribution in [0.5, 0.6) is 0 Å². The Morgan fingerprint density at radius 2 is 2.04 bits per heavy atom. The number of carboxylic acids is 1. The molecule has 136 valence electrons. The van der Waals surface area contributed by atoms with Crippen LogP contribution < -0.4 is 11.1 Å². The predicted octanol–water partition coefficient (Wildman–Crippen LogP) is 3.38.